The van der Waals surface area contributed by atoms with Crippen LogP contribution in [0.4, 0.5) is 0 Å². The molecule has 5 nitrogen and oxygen atoms in total. The number of morpholine rings is 1. The maximum atomic E-state index is 11.8. The first-order chi connectivity index (χ1) is 9.56. The average Bonchev–Trinajstić information content (AvgIpc) is 2.43. The highest BCUT2D eigenvalue weighted by atomic mass is 35.5. The Hall–Kier alpha value is -1.59. The average molecular weight is 297 g/mol. The summed E-state index contributed by atoms with van der Waals surface area (Å²) in [5.41, 5.74) is 0.795. The number of benzene rings is 1. The second-order valence-electron chi connectivity index (χ2n) is 4.78. The lowest BCUT2D eigenvalue weighted by molar-refractivity contribution is -0.146. The quantitative estimate of drug-likeness (QED) is 0.896. The van der Waals surface area contributed by atoms with Crippen LogP contribution < -0.4 is 5.32 Å². The van der Waals surface area contributed by atoms with Crippen molar-refractivity contribution in [3.05, 3.63) is 34.9 Å². The molecule has 108 valence electrons. The summed E-state index contributed by atoms with van der Waals surface area (Å²) in [4.78, 5) is 24.7. The summed E-state index contributed by atoms with van der Waals surface area (Å²) >= 11 is 6.00. The Labute approximate surface area is 122 Å². The van der Waals surface area contributed by atoms with Gasteiger partial charge in [0.1, 0.15) is 6.61 Å². The predicted octanol–water partition coefficient (Wildman–Crippen LogP) is 0.856. The first kappa shape index (κ1) is 14.8. The Bertz CT molecular complexity index is 507. The largest absolute Gasteiger partial charge is 0.365 e. The minimum Gasteiger partial charge on any atom is -0.365 e. The lowest BCUT2D eigenvalue weighted by Gasteiger charge is -2.29. The number of hydrogen-bond acceptors (Lipinski definition) is 3. The van der Waals surface area contributed by atoms with Crippen LogP contribution in [-0.4, -0.2) is 49.6 Å². The molecule has 0 radical (unpaired) electrons. The Balaban J connectivity index is 1.78. The summed E-state index contributed by atoms with van der Waals surface area (Å²) in [6.07, 6.45) is 0.0779. The smallest absolute Gasteiger partial charge is 0.248 e. The molecule has 0 bridgehead atoms. The third-order valence-electron chi connectivity index (χ3n) is 3.18. The molecular weight excluding hydrogens is 280 g/mol. The molecule has 6 heteroatoms. The molecule has 1 saturated heterocycles. The molecule has 1 unspecified atom stereocenters. The fourth-order valence-corrected chi connectivity index (χ4v) is 2.19. The molecule has 2 rings (SSSR count). The second-order valence-corrected chi connectivity index (χ2v) is 5.19. The normalized spacial score (nSPS) is 19.0. The van der Waals surface area contributed by atoms with Crippen LogP contribution in [0.3, 0.4) is 0 Å². The molecule has 0 spiro atoms. The Kier molecular flexibility index (Phi) is 4.98. The molecule has 2 amide bonds. The van der Waals surface area contributed by atoms with E-state index in [4.69, 9.17) is 16.3 Å². The van der Waals surface area contributed by atoms with Crippen LogP contribution in [0.1, 0.15) is 5.56 Å². The maximum absolute atomic E-state index is 11.8. The Morgan fingerprint density at radius 1 is 1.50 bits per heavy atom. The Morgan fingerprint density at radius 2 is 2.25 bits per heavy atom. The van der Waals surface area contributed by atoms with Crippen LogP contribution in [0.5, 0.6) is 0 Å². The topological polar surface area (TPSA) is 58.6 Å². The van der Waals surface area contributed by atoms with Crippen molar-refractivity contribution < 1.29 is 14.3 Å². The van der Waals surface area contributed by atoms with Crippen molar-refractivity contribution in [2.24, 2.45) is 0 Å². The zero-order valence-corrected chi connectivity index (χ0v) is 12.0. The van der Waals surface area contributed by atoms with Crippen molar-refractivity contribution in [1.82, 2.24) is 10.2 Å². The fraction of sp³-hybridized carbons (Fsp3) is 0.429. The summed E-state index contributed by atoms with van der Waals surface area (Å²) < 4.78 is 5.35. The fourth-order valence-electron chi connectivity index (χ4n) is 1.99. The number of ether oxygens (including phenoxy) is 1. The number of amides is 2. The number of rotatable bonds is 4. The highest BCUT2D eigenvalue weighted by Gasteiger charge is 2.23. The number of halogens is 1. The highest BCUT2D eigenvalue weighted by Crippen LogP contribution is 2.15. The van der Waals surface area contributed by atoms with Crippen molar-refractivity contribution in [2.75, 3.05) is 26.7 Å². The zero-order chi connectivity index (χ0) is 14.5. The van der Waals surface area contributed by atoms with Gasteiger partial charge in [-0.15, -0.1) is 0 Å². The molecule has 1 aliphatic heterocycles. The van der Waals surface area contributed by atoms with E-state index >= 15 is 0 Å². The second kappa shape index (κ2) is 6.72. The first-order valence-corrected chi connectivity index (χ1v) is 6.79. The minimum absolute atomic E-state index is 0.0383. The summed E-state index contributed by atoms with van der Waals surface area (Å²) in [5.74, 6) is -0.148. The van der Waals surface area contributed by atoms with Crippen LogP contribution >= 0.6 is 11.6 Å². The number of carbonyl (C=O) groups excluding carboxylic acids is 2. The molecule has 1 fully saturated rings. The molecule has 20 heavy (non-hydrogen) atoms. The highest BCUT2D eigenvalue weighted by molar-refractivity contribution is 6.31. The number of nitrogens with zero attached hydrogens (tertiary/aromatic N) is 1. The van der Waals surface area contributed by atoms with E-state index in [0.717, 1.165) is 5.56 Å². The summed E-state index contributed by atoms with van der Waals surface area (Å²) in [6, 6.07) is 7.26. The van der Waals surface area contributed by atoms with E-state index in [1.165, 1.54) is 0 Å². The molecule has 0 aliphatic carbocycles. The zero-order valence-electron chi connectivity index (χ0n) is 11.3. The summed E-state index contributed by atoms with van der Waals surface area (Å²) in [7, 11) is 1.73. The van der Waals surface area contributed by atoms with Crippen LogP contribution in [0, 0.1) is 0 Å². The first-order valence-electron chi connectivity index (χ1n) is 6.42. The van der Waals surface area contributed by atoms with Gasteiger partial charge in [-0.25, -0.2) is 0 Å². The number of nitrogens with one attached hydrogen (secondary N) is 1. The van der Waals surface area contributed by atoms with Crippen molar-refractivity contribution in [3.8, 4) is 0 Å². The van der Waals surface area contributed by atoms with Crippen LogP contribution in [0.15, 0.2) is 24.3 Å². The molecule has 1 aromatic rings. The van der Waals surface area contributed by atoms with Gasteiger partial charge in [0.2, 0.25) is 11.8 Å². The monoisotopic (exact) mass is 296 g/mol. The molecule has 0 aromatic heterocycles. The lowest BCUT2D eigenvalue weighted by Crippen LogP contribution is -2.48. The number of likely N-dealkylation sites (N-methyl/N-ethyl adjacent to an activating group) is 1. The van der Waals surface area contributed by atoms with E-state index in [0.29, 0.717) is 18.1 Å². The van der Waals surface area contributed by atoms with Crippen molar-refractivity contribution in [1.29, 1.82) is 0 Å². The molecule has 1 atom stereocenters. The van der Waals surface area contributed by atoms with E-state index in [1.54, 1.807) is 18.0 Å². The van der Waals surface area contributed by atoms with Gasteiger partial charge >= 0.3 is 0 Å². The molecule has 1 N–H and O–H groups in total. The van der Waals surface area contributed by atoms with Gasteiger partial charge in [0, 0.05) is 25.2 Å². The van der Waals surface area contributed by atoms with Gasteiger partial charge in [-0.2, -0.15) is 0 Å². The molecule has 1 aromatic carbocycles. The van der Waals surface area contributed by atoms with Crippen molar-refractivity contribution in [3.63, 3.8) is 0 Å². The standard InChI is InChI=1S/C14H17ClN2O3/c1-17-8-11(20-9-14(17)19)7-16-13(18)6-10-4-2-3-5-12(10)15/h2-5,11H,6-9H2,1H3,(H,16,18). The maximum Gasteiger partial charge on any atom is 0.248 e. The Morgan fingerprint density at radius 3 is 2.95 bits per heavy atom. The van der Waals surface area contributed by atoms with Gasteiger partial charge in [-0.3, -0.25) is 9.59 Å². The van der Waals surface area contributed by atoms with Crippen LogP contribution in [0.25, 0.3) is 0 Å². The van der Waals surface area contributed by atoms with Gasteiger partial charge < -0.3 is 15.0 Å². The lowest BCUT2D eigenvalue weighted by atomic mass is 10.1. The SMILES string of the molecule is CN1CC(CNC(=O)Cc2ccccc2Cl)OCC1=O. The number of hydrogen-bond donors (Lipinski definition) is 1. The van der Waals surface area contributed by atoms with E-state index in [1.807, 2.05) is 18.2 Å². The van der Waals surface area contributed by atoms with Gasteiger partial charge in [0.25, 0.3) is 0 Å². The van der Waals surface area contributed by atoms with E-state index in [9.17, 15) is 9.59 Å². The third kappa shape index (κ3) is 3.95. The molecule has 0 saturated carbocycles. The van der Waals surface area contributed by atoms with Crippen molar-refractivity contribution >= 4 is 23.4 Å². The molecule has 1 aliphatic rings. The van der Waals surface area contributed by atoms with E-state index in [2.05, 4.69) is 5.32 Å². The predicted molar refractivity (Wildman–Crippen MR) is 75.5 cm³/mol. The summed E-state index contributed by atoms with van der Waals surface area (Å²) in [6.45, 7) is 0.952. The van der Waals surface area contributed by atoms with Gasteiger partial charge in [0.05, 0.1) is 12.5 Å². The third-order valence-corrected chi connectivity index (χ3v) is 3.55. The van der Waals surface area contributed by atoms with Gasteiger partial charge in [0.15, 0.2) is 0 Å². The van der Waals surface area contributed by atoms with Gasteiger partial charge in [-0.05, 0) is 11.6 Å². The summed E-state index contributed by atoms with van der Waals surface area (Å²) in [5, 5.41) is 3.39. The van der Waals surface area contributed by atoms with Gasteiger partial charge in [-0.1, -0.05) is 29.8 Å². The van der Waals surface area contributed by atoms with Crippen LogP contribution in [-0.2, 0) is 20.7 Å². The van der Waals surface area contributed by atoms with E-state index in [-0.39, 0.29) is 30.9 Å². The van der Waals surface area contributed by atoms with Crippen LogP contribution in [0.2, 0.25) is 5.02 Å². The molecule has 1 heterocycles. The molecular formula is C14H17ClN2O3. The van der Waals surface area contributed by atoms with E-state index < -0.39 is 0 Å². The minimum atomic E-state index is -0.159. The van der Waals surface area contributed by atoms with Crippen molar-refractivity contribution in [2.45, 2.75) is 12.5 Å². The number of carbonyl (C=O) groups is 2.